The summed E-state index contributed by atoms with van der Waals surface area (Å²) >= 11 is 0. The van der Waals surface area contributed by atoms with Crippen LogP contribution in [0.4, 0.5) is 0 Å². The average Bonchev–Trinajstić information content (AvgIpc) is 2.51. The first-order chi connectivity index (χ1) is 9.78. The van der Waals surface area contributed by atoms with E-state index >= 15 is 0 Å². The second-order valence-corrected chi connectivity index (χ2v) is 5.44. The van der Waals surface area contributed by atoms with Crippen LogP contribution in [0.3, 0.4) is 0 Å². The first kappa shape index (κ1) is 13.2. The fourth-order valence-electron chi connectivity index (χ4n) is 3.01. The van der Waals surface area contributed by atoms with Crippen molar-refractivity contribution in [1.82, 2.24) is 4.90 Å². The number of methoxy groups -OCH3 is 1. The van der Waals surface area contributed by atoms with Gasteiger partial charge in [0, 0.05) is 19.1 Å². The topological polar surface area (TPSA) is 12.5 Å². The summed E-state index contributed by atoms with van der Waals surface area (Å²) in [5.74, 6) is 0.922. The van der Waals surface area contributed by atoms with Crippen LogP contribution in [-0.4, -0.2) is 18.6 Å². The Morgan fingerprint density at radius 2 is 1.85 bits per heavy atom. The summed E-state index contributed by atoms with van der Waals surface area (Å²) in [5, 5.41) is 0. The summed E-state index contributed by atoms with van der Waals surface area (Å²) in [4.78, 5) is 2.55. The summed E-state index contributed by atoms with van der Waals surface area (Å²) in [6, 6.07) is 17.7. The maximum atomic E-state index is 5.21. The van der Waals surface area contributed by atoms with Gasteiger partial charge in [0.25, 0.3) is 0 Å². The lowest BCUT2D eigenvalue weighted by atomic mass is 9.93. The van der Waals surface area contributed by atoms with Crippen LogP contribution >= 0.6 is 0 Å². The summed E-state index contributed by atoms with van der Waals surface area (Å²) in [6.07, 6.45) is 1.15. The molecule has 1 atom stereocenters. The normalized spacial score (nSPS) is 18.6. The van der Waals surface area contributed by atoms with Crippen molar-refractivity contribution in [3.8, 4) is 5.75 Å². The van der Waals surface area contributed by atoms with Crippen LogP contribution in [0.5, 0.6) is 5.75 Å². The van der Waals surface area contributed by atoms with E-state index in [0.717, 1.165) is 25.3 Å². The molecule has 0 amide bonds. The summed E-state index contributed by atoms with van der Waals surface area (Å²) in [5.41, 5.74) is 4.33. The molecule has 3 rings (SSSR count). The van der Waals surface area contributed by atoms with E-state index in [9.17, 15) is 0 Å². The number of rotatable bonds is 3. The predicted octanol–water partition coefficient (Wildman–Crippen LogP) is 3.81. The molecule has 104 valence electrons. The molecule has 0 saturated carbocycles. The van der Waals surface area contributed by atoms with Gasteiger partial charge in [0.15, 0.2) is 0 Å². The van der Waals surface area contributed by atoms with Crippen molar-refractivity contribution >= 4 is 0 Å². The van der Waals surface area contributed by atoms with Crippen LogP contribution in [0, 0.1) is 0 Å². The van der Waals surface area contributed by atoms with Crippen LogP contribution < -0.4 is 4.74 Å². The van der Waals surface area contributed by atoms with E-state index in [4.69, 9.17) is 4.74 Å². The van der Waals surface area contributed by atoms with Crippen LogP contribution in [0.25, 0.3) is 0 Å². The molecule has 1 aliphatic rings. The molecule has 1 unspecified atom stereocenters. The second-order valence-electron chi connectivity index (χ2n) is 5.44. The Morgan fingerprint density at radius 1 is 1.10 bits per heavy atom. The summed E-state index contributed by atoms with van der Waals surface area (Å²) < 4.78 is 5.21. The third-order valence-electron chi connectivity index (χ3n) is 4.27. The molecule has 0 aliphatic carbocycles. The molecule has 0 spiro atoms. The van der Waals surface area contributed by atoms with Gasteiger partial charge in [-0.15, -0.1) is 0 Å². The number of fused-ring (bicyclic) bond motifs is 1. The van der Waals surface area contributed by atoms with Gasteiger partial charge < -0.3 is 4.74 Å². The summed E-state index contributed by atoms with van der Waals surface area (Å²) in [7, 11) is 1.71. The molecule has 0 N–H and O–H groups in total. The SMILES string of the molecule is COc1ccc(CN2CCc3ccccc3C2C)cc1. The fourth-order valence-corrected chi connectivity index (χ4v) is 3.01. The van der Waals surface area contributed by atoms with Gasteiger partial charge in [0.05, 0.1) is 7.11 Å². The molecular weight excluding hydrogens is 246 g/mol. The van der Waals surface area contributed by atoms with E-state index in [1.165, 1.54) is 16.7 Å². The Bertz CT molecular complexity index is 576. The maximum Gasteiger partial charge on any atom is 0.118 e. The zero-order valence-electron chi connectivity index (χ0n) is 12.2. The van der Waals surface area contributed by atoms with E-state index in [1.807, 2.05) is 12.1 Å². The number of ether oxygens (including phenoxy) is 1. The van der Waals surface area contributed by atoms with E-state index < -0.39 is 0 Å². The van der Waals surface area contributed by atoms with Crippen molar-refractivity contribution in [2.24, 2.45) is 0 Å². The number of nitrogens with zero attached hydrogens (tertiary/aromatic N) is 1. The molecule has 0 fully saturated rings. The Labute approximate surface area is 121 Å². The van der Waals surface area contributed by atoms with Gasteiger partial charge in [-0.1, -0.05) is 36.4 Å². The minimum atomic E-state index is 0.488. The van der Waals surface area contributed by atoms with Gasteiger partial charge in [-0.05, 0) is 42.2 Å². The smallest absolute Gasteiger partial charge is 0.118 e. The van der Waals surface area contributed by atoms with Gasteiger partial charge in [0.1, 0.15) is 5.75 Å². The van der Waals surface area contributed by atoms with Gasteiger partial charge >= 0.3 is 0 Å². The first-order valence-corrected chi connectivity index (χ1v) is 7.22. The minimum absolute atomic E-state index is 0.488. The lowest BCUT2D eigenvalue weighted by Gasteiger charge is -2.35. The molecule has 0 saturated heterocycles. The van der Waals surface area contributed by atoms with Crippen molar-refractivity contribution in [1.29, 1.82) is 0 Å². The highest BCUT2D eigenvalue weighted by atomic mass is 16.5. The quantitative estimate of drug-likeness (QED) is 0.838. The van der Waals surface area contributed by atoms with Gasteiger partial charge in [0.2, 0.25) is 0 Å². The monoisotopic (exact) mass is 267 g/mol. The molecule has 2 heteroatoms. The zero-order chi connectivity index (χ0) is 13.9. The minimum Gasteiger partial charge on any atom is -0.497 e. The molecular formula is C18H21NO. The molecule has 2 aromatic rings. The van der Waals surface area contributed by atoms with Crippen LogP contribution in [0.15, 0.2) is 48.5 Å². The fraction of sp³-hybridized carbons (Fsp3) is 0.333. The Balaban J connectivity index is 1.75. The largest absolute Gasteiger partial charge is 0.497 e. The zero-order valence-corrected chi connectivity index (χ0v) is 12.2. The Hall–Kier alpha value is -1.80. The highest BCUT2D eigenvalue weighted by Crippen LogP contribution is 2.30. The van der Waals surface area contributed by atoms with E-state index in [1.54, 1.807) is 7.11 Å². The lowest BCUT2D eigenvalue weighted by Crippen LogP contribution is -2.33. The van der Waals surface area contributed by atoms with Crippen molar-refractivity contribution in [2.45, 2.75) is 25.9 Å². The number of benzene rings is 2. The van der Waals surface area contributed by atoms with E-state index in [-0.39, 0.29) is 0 Å². The van der Waals surface area contributed by atoms with Crippen molar-refractivity contribution in [2.75, 3.05) is 13.7 Å². The van der Waals surface area contributed by atoms with Crippen molar-refractivity contribution in [3.05, 3.63) is 65.2 Å². The molecule has 0 bridgehead atoms. The molecule has 0 radical (unpaired) electrons. The second kappa shape index (κ2) is 5.68. The van der Waals surface area contributed by atoms with Crippen molar-refractivity contribution in [3.63, 3.8) is 0 Å². The van der Waals surface area contributed by atoms with Gasteiger partial charge in [-0.2, -0.15) is 0 Å². The average molecular weight is 267 g/mol. The molecule has 1 heterocycles. The van der Waals surface area contributed by atoms with Crippen LogP contribution in [0.1, 0.15) is 29.7 Å². The predicted molar refractivity (Wildman–Crippen MR) is 82.0 cm³/mol. The molecule has 2 nitrogen and oxygen atoms in total. The van der Waals surface area contributed by atoms with E-state index in [0.29, 0.717) is 6.04 Å². The van der Waals surface area contributed by atoms with Gasteiger partial charge in [-0.25, -0.2) is 0 Å². The molecule has 2 aromatic carbocycles. The van der Waals surface area contributed by atoms with Crippen LogP contribution in [0.2, 0.25) is 0 Å². The van der Waals surface area contributed by atoms with Gasteiger partial charge in [-0.3, -0.25) is 4.90 Å². The standard InChI is InChI=1S/C18H21NO/c1-14-18-6-4-3-5-16(18)11-12-19(14)13-15-7-9-17(20-2)10-8-15/h3-10,14H,11-13H2,1-2H3. The Morgan fingerprint density at radius 3 is 2.60 bits per heavy atom. The molecule has 0 aromatic heterocycles. The number of hydrogen-bond donors (Lipinski definition) is 0. The third kappa shape index (κ3) is 2.56. The first-order valence-electron chi connectivity index (χ1n) is 7.22. The Kier molecular flexibility index (Phi) is 3.75. The van der Waals surface area contributed by atoms with Crippen molar-refractivity contribution < 1.29 is 4.74 Å². The number of hydrogen-bond acceptors (Lipinski definition) is 2. The van der Waals surface area contributed by atoms with Crippen LogP contribution in [-0.2, 0) is 13.0 Å². The molecule has 20 heavy (non-hydrogen) atoms. The maximum absolute atomic E-state index is 5.21. The highest BCUT2D eigenvalue weighted by molar-refractivity contribution is 5.33. The molecule has 1 aliphatic heterocycles. The lowest BCUT2D eigenvalue weighted by molar-refractivity contribution is 0.189. The third-order valence-corrected chi connectivity index (χ3v) is 4.27. The van der Waals surface area contributed by atoms with E-state index in [2.05, 4.69) is 48.2 Å². The summed E-state index contributed by atoms with van der Waals surface area (Å²) in [6.45, 7) is 4.44. The highest BCUT2D eigenvalue weighted by Gasteiger charge is 2.23.